The van der Waals surface area contributed by atoms with E-state index in [9.17, 15) is 24.3 Å². The Labute approximate surface area is 380 Å². The Bertz CT molecular complexity index is 2090. The Morgan fingerprint density at radius 1 is 1.11 bits per heavy atom. The zero-order chi connectivity index (χ0) is 47.2. The molecule has 1 aromatic carbocycles. The number of nitrogens with two attached hydrogens (primary N) is 2. The number of anilines is 1. The van der Waals surface area contributed by atoms with E-state index >= 15 is 0 Å². The molecule has 0 aliphatic carbocycles. The van der Waals surface area contributed by atoms with Gasteiger partial charge in [-0.15, -0.1) is 5.10 Å². The molecule has 0 radical (unpaired) electrons. The molecule has 3 fully saturated rings. The van der Waals surface area contributed by atoms with Crippen LogP contribution in [-0.4, -0.2) is 146 Å². The first-order chi connectivity index (χ1) is 30.9. The Hall–Kier alpha value is -4.99. The quantitative estimate of drug-likeness (QED) is 0.0623. The summed E-state index contributed by atoms with van der Waals surface area (Å²) in [6.45, 7) is 14.1. The number of ether oxygens (including phenoxy) is 5. The topological polar surface area (TPSA) is 273 Å². The number of nitrogens with zero attached hydrogens (tertiary/aromatic N) is 5. The number of carbonyl (C=O) groups excluding carboxylic acids is 4. The van der Waals surface area contributed by atoms with Gasteiger partial charge < -0.3 is 50.9 Å². The molecule has 2 aromatic heterocycles. The molecule has 0 bridgehead atoms. The van der Waals surface area contributed by atoms with E-state index in [-0.39, 0.29) is 30.6 Å². The summed E-state index contributed by atoms with van der Waals surface area (Å²) < 4.78 is 33.3. The van der Waals surface area contributed by atoms with Gasteiger partial charge in [-0.1, -0.05) is 38.1 Å². The average molecular weight is 909 g/mol. The van der Waals surface area contributed by atoms with Gasteiger partial charge in [0.15, 0.2) is 17.7 Å². The number of hydrogen-bond acceptors (Lipinski definition) is 16. The van der Waals surface area contributed by atoms with Crippen molar-refractivity contribution in [3.63, 3.8) is 0 Å². The Balaban J connectivity index is 1.20. The second kappa shape index (κ2) is 21.1. The van der Waals surface area contributed by atoms with Crippen molar-refractivity contribution >= 4 is 29.4 Å². The van der Waals surface area contributed by atoms with Crippen molar-refractivity contribution < 1.29 is 48.0 Å². The van der Waals surface area contributed by atoms with Gasteiger partial charge in [-0.05, 0) is 90.5 Å². The van der Waals surface area contributed by atoms with Gasteiger partial charge >= 0.3 is 12.1 Å². The summed E-state index contributed by atoms with van der Waals surface area (Å²) >= 11 is 0. The highest BCUT2D eigenvalue weighted by atomic mass is 16.7. The van der Waals surface area contributed by atoms with Gasteiger partial charge in [-0.25, -0.2) is 4.79 Å². The number of Topliss-reactive ketones (excluding diaryl/α,β-unsaturated/α-hetero) is 1. The SMILES string of the molecule is CC[C@H]1OC(=O)[C@H](C)C(=O)[C@H](C)[C@@H](O[C@@H]2O[C@H](CNC(=O)c3ccn[nH]3)CC(N)C2O)[C@](C)(OC)C[C@@H](C)CN[C@H](C)[C@H]2N(CCCCn3cc(-c4cccc(N)c4)nn3)C(=O)O[C@]12C. The number of nitrogens with one attached hydrogen (secondary N) is 3. The molecular weight excluding hydrogens is 841 g/mol. The van der Waals surface area contributed by atoms with E-state index in [1.807, 2.05) is 58.2 Å². The molecule has 358 valence electrons. The van der Waals surface area contributed by atoms with Gasteiger partial charge in [0.25, 0.3) is 5.91 Å². The Morgan fingerprint density at radius 3 is 2.55 bits per heavy atom. The molecule has 20 nitrogen and oxygen atoms in total. The third-order valence-electron chi connectivity index (χ3n) is 13.4. The van der Waals surface area contributed by atoms with Gasteiger partial charge in [0.05, 0.1) is 30.0 Å². The van der Waals surface area contributed by atoms with Crippen LogP contribution in [-0.2, 0) is 39.8 Å². The van der Waals surface area contributed by atoms with Gasteiger partial charge in [0.2, 0.25) is 0 Å². The largest absolute Gasteiger partial charge is 0.458 e. The van der Waals surface area contributed by atoms with E-state index in [0.29, 0.717) is 56.7 Å². The molecular formula is C45H68N10O10. The first kappa shape index (κ1) is 49.4. The molecule has 6 rings (SSSR count). The lowest BCUT2D eigenvalue weighted by atomic mass is 9.78. The number of ketones is 1. The van der Waals surface area contributed by atoms with Crippen LogP contribution in [0, 0.1) is 17.8 Å². The second-order valence-corrected chi connectivity index (χ2v) is 18.4. The molecule has 0 spiro atoms. The molecule has 2 amide bonds. The van der Waals surface area contributed by atoms with Gasteiger partial charge in [-0.2, -0.15) is 5.10 Å². The Morgan fingerprint density at radius 2 is 1.86 bits per heavy atom. The lowest BCUT2D eigenvalue weighted by molar-refractivity contribution is -0.289. The number of aliphatic hydroxyl groups excluding tert-OH is 1. The maximum atomic E-state index is 14.5. The number of aromatic amines is 1. The van der Waals surface area contributed by atoms with E-state index in [1.54, 1.807) is 23.4 Å². The number of cyclic esters (lactones) is 1. The second-order valence-electron chi connectivity index (χ2n) is 18.4. The number of carbonyl (C=O) groups is 4. The van der Waals surface area contributed by atoms with Crippen LogP contribution >= 0.6 is 0 Å². The smallest absolute Gasteiger partial charge is 0.410 e. The molecule has 2 unspecified atom stereocenters. The lowest BCUT2D eigenvalue weighted by Crippen LogP contribution is -2.61. The Kier molecular flexibility index (Phi) is 16.1. The molecule has 0 saturated carbocycles. The van der Waals surface area contributed by atoms with Crippen LogP contribution < -0.4 is 22.1 Å². The number of amides is 2. The summed E-state index contributed by atoms with van der Waals surface area (Å²) in [4.78, 5) is 56.8. The highest BCUT2D eigenvalue weighted by molar-refractivity contribution is 6.00. The van der Waals surface area contributed by atoms with E-state index in [1.165, 1.54) is 26.3 Å². The molecule has 65 heavy (non-hydrogen) atoms. The van der Waals surface area contributed by atoms with Crippen molar-refractivity contribution in [2.75, 3.05) is 32.5 Å². The lowest BCUT2D eigenvalue weighted by Gasteiger charge is -2.45. The van der Waals surface area contributed by atoms with Crippen LogP contribution in [0.1, 0.15) is 91.1 Å². The fraction of sp³-hybridized carbons (Fsp3) is 0.667. The summed E-state index contributed by atoms with van der Waals surface area (Å²) in [6.07, 6.45) is -0.194. The summed E-state index contributed by atoms with van der Waals surface area (Å²) in [6, 6.07) is 7.29. The first-order valence-corrected chi connectivity index (χ1v) is 22.7. The van der Waals surface area contributed by atoms with Crippen molar-refractivity contribution in [1.29, 1.82) is 0 Å². The van der Waals surface area contributed by atoms with Crippen molar-refractivity contribution in [3.05, 3.63) is 48.4 Å². The number of aromatic nitrogens is 5. The minimum Gasteiger partial charge on any atom is -0.458 e. The number of aliphatic hydroxyl groups is 1. The van der Waals surface area contributed by atoms with E-state index in [2.05, 4.69) is 31.1 Å². The van der Waals surface area contributed by atoms with Gasteiger partial charge in [0, 0.05) is 62.2 Å². The van der Waals surface area contributed by atoms with Crippen LogP contribution in [0.2, 0.25) is 0 Å². The fourth-order valence-corrected chi connectivity index (χ4v) is 9.70. The molecule has 3 aliphatic heterocycles. The zero-order valence-electron chi connectivity index (χ0n) is 38.8. The predicted octanol–water partition coefficient (Wildman–Crippen LogP) is 2.81. The van der Waals surface area contributed by atoms with Crippen molar-refractivity contribution in [2.24, 2.45) is 23.5 Å². The van der Waals surface area contributed by atoms with E-state index in [0.717, 1.165) is 5.56 Å². The molecule has 5 heterocycles. The zero-order valence-corrected chi connectivity index (χ0v) is 38.8. The highest BCUT2D eigenvalue weighted by Crippen LogP contribution is 2.40. The van der Waals surface area contributed by atoms with Crippen LogP contribution in [0.4, 0.5) is 10.5 Å². The molecule has 3 aliphatic rings. The number of nitrogen functional groups attached to an aromatic ring is 1. The third kappa shape index (κ3) is 11.2. The van der Waals surface area contributed by atoms with Crippen molar-refractivity contribution in [1.82, 2.24) is 40.7 Å². The summed E-state index contributed by atoms with van der Waals surface area (Å²) in [7, 11) is 1.53. The minimum atomic E-state index is -1.31. The summed E-state index contributed by atoms with van der Waals surface area (Å²) in [5.41, 5.74) is 12.4. The maximum absolute atomic E-state index is 14.5. The molecule has 3 saturated heterocycles. The van der Waals surface area contributed by atoms with Crippen LogP contribution in [0.25, 0.3) is 11.3 Å². The molecule has 8 N–H and O–H groups in total. The summed E-state index contributed by atoms with van der Waals surface area (Å²) in [5.74, 6) is -4.00. The number of fused-ring (bicyclic) bond motifs is 1. The fourth-order valence-electron chi connectivity index (χ4n) is 9.70. The third-order valence-corrected chi connectivity index (χ3v) is 13.4. The maximum Gasteiger partial charge on any atom is 0.410 e. The number of esters is 1. The molecule has 20 heteroatoms. The normalized spacial score (nSPS) is 34.0. The predicted molar refractivity (Wildman–Crippen MR) is 238 cm³/mol. The first-order valence-electron chi connectivity index (χ1n) is 22.7. The number of benzene rings is 1. The number of unbranched alkanes of at least 4 members (excludes halogenated alkanes) is 1. The van der Waals surface area contributed by atoms with E-state index in [4.69, 9.17) is 35.2 Å². The number of H-pyrrole nitrogens is 1. The standard InChI is InChI=1S/C45H68N10O10/c1-9-35-45(7)38(55(43(60)65-45)18-11-10-17-54-24-34(52-53-54)29-13-12-14-30(46)19-29)28(5)48-22-25(2)21-44(6,61-8)39(26(3)36(56)27(4)41(59)63-35)64-42-37(57)32(47)20-31(62-42)23-49-40(58)33-15-16-50-51-33/h12-16,19,24-28,31-32,35,37-39,42,48,57H,9-11,17-18,20-23,46-47H2,1-8H3,(H,49,58)(H,50,51)/t25-,26+,27-,28-,31+,32?,35-,37?,38-,39-,42+,44-,45-/m1/s1. The molecule has 3 aromatic rings. The van der Waals surface area contributed by atoms with Crippen LogP contribution in [0.5, 0.6) is 0 Å². The van der Waals surface area contributed by atoms with E-state index < -0.39 is 89.6 Å². The van der Waals surface area contributed by atoms with Gasteiger partial charge in [0.1, 0.15) is 29.5 Å². The van der Waals surface area contributed by atoms with Gasteiger partial charge in [-0.3, -0.25) is 29.1 Å². The summed E-state index contributed by atoms with van der Waals surface area (Å²) in [5, 5.41) is 32.8. The minimum absolute atomic E-state index is 0.0589. The number of rotatable bonds is 13. The molecule has 13 atom stereocenters. The van der Waals surface area contributed by atoms with Crippen LogP contribution in [0.15, 0.2) is 42.7 Å². The monoisotopic (exact) mass is 909 g/mol. The van der Waals surface area contributed by atoms with Crippen molar-refractivity contribution in [2.45, 2.75) is 147 Å². The van der Waals surface area contributed by atoms with Crippen molar-refractivity contribution in [3.8, 4) is 11.3 Å². The highest BCUT2D eigenvalue weighted by Gasteiger charge is 2.58. The number of hydrogen-bond donors (Lipinski definition) is 6. The number of methoxy groups -OCH3 is 1. The average Bonchev–Trinajstić information content (AvgIpc) is 4.05. The van der Waals surface area contributed by atoms with Crippen LogP contribution in [0.3, 0.4) is 0 Å². The number of aryl methyl sites for hydroxylation is 1.